The lowest BCUT2D eigenvalue weighted by Crippen LogP contribution is -2.25. The zero-order valence-corrected chi connectivity index (χ0v) is 13.7. The van der Waals surface area contributed by atoms with E-state index in [0.29, 0.717) is 11.3 Å². The van der Waals surface area contributed by atoms with Crippen molar-refractivity contribution < 1.29 is 9.90 Å². The molecular weight excluding hydrogens is 296 g/mol. The lowest BCUT2D eigenvalue weighted by Gasteiger charge is -2.29. The van der Waals surface area contributed by atoms with Gasteiger partial charge in [-0.25, -0.2) is 9.78 Å². The number of anilines is 1. The Morgan fingerprint density at radius 3 is 2.65 bits per heavy atom. The summed E-state index contributed by atoms with van der Waals surface area (Å²) in [5, 5.41) is 9.89. The Labute approximate surface area is 128 Å². The van der Waals surface area contributed by atoms with Crippen LogP contribution in [0.1, 0.15) is 49.7 Å². The molecule has 1 aliphatic heterocycles. The van der Waals surface area contributed by atoms with Crippen LogP contribution in [0.5, 0.6) is 0 Å². The van der Waals surface area contributed by atoms with Gasteiger partial charge in [0, 0.05) is 13.1 Å². The van der Waals surface area contributed by atoms with Crippen LogP contribution in [-0.4, -0.2) is 29.1 Å². The second-order valence-electron chi connectivity index (χ2n) is 6.40. The van der Waals surface area contributed by atoms with E-state index in [-0.39, 0.29) is 10.0 Å². The summed E-state index contributed by atoms with van der Waals surface area (Å²) in [6.45, 7) is 8.71. The van der Waals surface area contributed by atoms with Crippen molar-refractivity contribution in [3.8, 4) is 0 Å². The van der Waals surface area contributed by atoms with Crippen LogP contribution in [0.15, 0.2) is 0 Å². The molecule has 0 bridgehead atoms. The van der Waals surface area contributed by atoms with Gasteiger partial charge in [0.2, 0.25) is 0 Å². The maximum Gasteiger partial charge on any atom is 0.349 e. The lowest BCUT2D eigenvalue weighted by molar-refractivity contribution is 0.0702. The smallest absolute Gasteiger partial charge is 0.349 e. The first-order valence-corrected chi connectivity index (χ1v) is 8.13. The first-order chi connectivity index (χ1) is 9.29. The summed E-state index contributed by atoms with van der Waals surface area (Å²) in [6.07, 6.45) is 3.44. The van der Waals surface area contributed by atoms with Crippen molar-refractivity contribution in [3.63, 3.8) is 0 Å². The van der Waals surface area contributed by atoms with Gasteiger partial charge in [0.1, 0.15) is 0 Å². The van der Waals surface area contributed by atoms with Crippen LogP contribution in [0, 0.1) is 11.3 Å². The number of hydrogen-bond acceptors (Lipinski definition) is 4. The number of carboxylic acids is 1. The summed E-state index contributed by atoms with van der Waals surface area (Å²) < 4.78 is 0. The zero-order chi connectivity index (χ0) is 14.9. The molecule has 1 unspecified atom stereocenters. The zero-order valence-electron chi connectivity index (χ0n) is 12.1. The predicted octanol–water partition coefficient (Wildman–Crippen LogP) is 4.15. The Kier molecular flexibility index (Phi) is 4.59. The number of hydrogen-bond donors (Lipinski definition) is 1. The molecule has 1 aromatic rings. The highest BCUT2D eigenvalue weighted by Gasteiger charge is 2.28. The molecule has 6 heteroatoms. The van der Waals surface area contributed by atoms with Crippen molar-refractivity contribution in [2.75, 3.05) is 18.0 Å². The number of thiazole rings is 1. The molecule has 0 aliphatic carbocycles. The van der Waals surface area contributed by atoms with Crippen LogP contribution in [0.4, 0.5) is 5.13 Å². The molecule has 0 spiro atoms. The molecular formula is C14H21ClN2O2S. The first kappa shape index (κ1) is 15.6. The van der Waals surface area contributed by atoms with E-state index in [1.807, 2.05) is 0 Å². The highest BCUT2D eigenvalue weighted by molar-refractivity contribution is 7.18. The molecule has 1 aromatic heterocycles. The molecule has 20 heavy (non-hydrogen) atoms. The third-order valence-electron chi connectivity index (χ3n) is 3.99. The molecule has 112 valence electrons. The van der Waals surface area contributed by atoms with Gasteiger partial charge in [-0.3, -0.25) is 0 Å². The number of rotatable bonds is 2. The number of aromatic nitrogens is 1. The molecule has 1 aliphatic rings. The van der Waals surface area contributed by atoms with Crippen molar-refractivity contribution in [2.45, 2.75) is 40.0 Å². The topological polar surface area (TPSA) is 53.4 Å². The average Bonchev–Trinajstić information content (AvgIpc) is 2.58. The van der Waals surface area contributed by atoms with Gasteiger partial charge in [-0.1, -0.05) is 43.7 Å². The Bertz CT molecular complexity index is 496. The predicted molar refractivity (Wildman–Crippen MR) is 83.1 cm³/mol. The molecule has 2 rings (SSSR count). The van der Waals surface area contributed by atoms with Crippen molar-refractivity contribution in [1.82, 2.24) is 4.98 Å². The minimum atomic E-state index is -0.999. The fraction of sp³-hybridized carbons (Fsp3) is 0.714. The third-order valence-corrected chi connectivity index (χ3v) is 5.48. The molecule has 1 N–H and O–H groups in total. The molecule has 1 fully saturated rings. The summed E-state index contributed by atoms with van der Waals surface area (Å²) in [5.74, 6) is -0.303. The number of carbonyl (C=O) groups is 1. The van der Waals surface area contributed by atoms with E-state index in [1.54, 1.807) is 0 Å². The summed E-state index contributed by atoms with van der Waals surface area (Å²) in [4.78, 5) is 17.6. The summed E-state index contributed by atoms with van der Waals surface area (Å²) in [6, 6.07) is 0. The summed E-state index contributed by atoms with van der Waals surface area (Å²) in [7, 11) is 0. The standard InChI is InChI=1S/C14H21ClN2O2S/c1-14(2,3)9-5-4-7-17(8-6-9)13-16-11(15)10(20-13)12(18)19/h9H,4-8H2,1-3H3,(H,18,19). The van der Waals surface area contributed by atoms with Gasteiger partial charge in [-0.05, 0) is 30.6 Å². The third kappa shape index (κ3) is 3.44. The minimum Gasteiger partial charge on any atom is -0.477 e. The second-order valence-corrected chi connectivity index (χ2v) is 7.74. The largest absolute Gasteiger partial charge is 0.477 e. The molecule has 1 saturated heterocycles. The highest BCUT2D eigenvalue weighted by atomic mass is 35.5. The van der Waals surface area contributed by atoms with Gasteiger partial charge in [-0.15, -0.1) is 0 Å². The second kappa shape index (κ2) is 5.90. The van der Waals surface area contributed by atoms with E-state index in [9.17, 15) is 4.79 Å². The van der Waals surface area contributed by atoms with Gasteiger partial charge in [0.15, 0.2) is 15.2 Å². The molecule has 1 atom stereocenters. The SMILES string of the molecule is CC(C)(C)C1CCCN(c2nc(Cl)c(C(=O)O)s2)CC1. The van der Waals surface area contributed by atoms with Crippen LogP contribution >= 0.6 is 22.9 Å². The van der Waals surface area contributed by atoms with Crippen LogP contribution in [-0.2, 0) is 0 Å². The van der Waals surface area contributed by atoms with E-state index >= 15 is 0 Å². The molecule has 4 nitrogen and oxygen atoms in total. The Balaban J connectivity index is 2.11. The fourth-order valence-corrected chi connectivity index (χ4v) is 3.89. The number of carboxylic acid groups (broad SMARTS) is 1. The molecule has 2 heterocycles. The molecule has 0 aromatic carbocycles. The van der Waals surface area contributed by atoms with Gasteiger partial charge in [0.25, 0.3) is 0 Å². The maximum atomic E-state index is 11.0. The molecule has 0 amide bonds. The quantitative estimate of drug-likeness (QED) is 0.890. The highest BCUT2D eigenvalue weighted by Crippen LogP contribution is 2.37. The van der Waals surface area contributed by atoms with E-state index in [0.717, 1.165) is 31.1 Å². The van der Waals surface area contributed by atoms with Crippen molar-refractivity contribution in [1.29, 1.82) is 0 Å². The van der Waals surface area contributed by atoms with Gasteiger partial charge >= 0.3 is 5.97 Å². The van der Waals surface area contributed by atoms with Gasteiger partial charge in [-0.2, -0.15) is 0 Å². The van der Waals surface area contributed by atoms with Crippen LogP contribution in [0.25, 0.3) is 0 Å². The number of nitrogens with zero attached hydrogens (tertiary/aromatic N) is 2. The molecule has 0 radical (unpaired) electrons. The Morgan fingerprint density at radius 1 is 1.40 bits per heavy atom. The van der Waals surface area contributed by atoms with Gasteiger partial charge in [0.05, 0.1) is 0 Å². The Hall–Kier alpha value is -0.810. The number of aromatic carboxylic acids is 1. The number of halogens is 1. The van der Waals surface area contributed by atoms with Crippen LogP contribution in [0.2, 0.25) is 5.15 Å². The van der Waals surface area contributed by atoms with Crippen molar-refractivity contribution >= 4 is 34.0 Å². The fourth-order valence-electron chi connectivity index (χ4n) is 2.71. The van der Waals surface area contributed by atoms with E-state index in [4.69, 9.17) is 16.7 Å². The van der Waals surface area contributed by atoms with E-state index in [2.05, 4.69) is 30.7 Å². The van der Waals surface area contributed by atoms with E-state index < -0.39 is 5.97 Å². The lowest BCUT2D eigenvalue weighted by atomic mass is 9.77. The summed E-state index contributed by atoms with van der Waals surface area (Å²) in [5.41, 5.74) is 0.322. The van der Waals surface area contributed by atoms with Crippen molar-refractivity contribution in [3.05, 3.63) is 10.0 Å². The van der Waals surface area contributed by atoms with E-state index in [1.165, 1.54) is 17.8 Å². The average molecular weight is 317 g/mol. The summed E-state index contributed by atoms with van der Waals surface area (Å²) >= 11 is 7.07. The maximum absolute atomic E-state index is 11.0. The van der Waals surface area contributed by atoms with Gasteiger partial charge < -0.3 is 10.0 Å². The minimum absolute atomic E-state index is 0.106. The Morgan fingerprint density at radius 2 is 2.10 bits per heavy atom. The first-order valence-electron chi connectivity index (χ1n) is 6.93. The monoisotopic (exact) mass is 316 g/mol. The van der Waals surface area contributed by atoms with Crippen LogP contribution < -0.4 is 4.90 Å². The van der Waals surface area contributed by atoms with Crippen LogP contribution in [0.3, 0.4) is 0 Å². The van der Waals surface area contributed by atoms with Crippen molar-refractivity contribution in [2.24, 2.45) is 11.3 Å². The normalized spacial score (nSPS) is 20.8. The molecule has 0 saturated carbocycles.